The van der Waals surface area contributed by atoms with Crippen LogP contribution in [0.1, 0.15) is 37.5 Å². The van der Waals surface area contributed by atoms with Gasteiger partial charge < -0.3 is 9.73 Å². The van der Waals surface area contributed by atoms with Crippen LogP contribution >= 0.6 is 0 Å². The fourth-order valence-corrected chi connectivity index (χ4v) is 2.58. The summed E-state index contributed by atoms with van der Waals surface area (Å²) in [6, 6.07) is 2.88. The lowest BCUT2D eigenvalue weighted by atomic mass is 10.2. The van der Waals surface area contributed by atoms with E-state index in [9.17, 15) is 0 Å². The van der Waals surface area contributed by atoms with E-state index in [4.69, 9.17) is 4.42 Å². The molecular formula is C14H22N2O. The highest BCUT2D eigenvalue weighted by atomic mass is 16.3. The molecule has 94 valence electrons. The van der Waals surface area contributed by atoms with Crippen molar-refractivity contribution in [1.82, 2.24) is 10.2 Å². The van der Waals surface area contributed by atoms with Crippen molar-refractivity contribution in [3.63, 3.8) is 0 Å². The van der Waals surface area contributed by atoms with Crippen LogP contribution in [0.5, 0.6) is 0 Å². The van der Waals surface area contributed by atoms with Crippen molar-refractivity contribution < 1.29 is 4.42 Å². The van der Waals surface area contributed by atoms with E-state index in [1.807, 2.05) is 6.26 Å². The van der Waals surface area contributed by atoms with Gasteiger partial charge in [0.25, 0.3) is 0 Å². The van der Waals surface area contributed by atoms with Crippen LogP contribution in [0.4, 0.5) is 0 Å². The van der Waals surface area contributed by atoms with E-state index >= 15 is 0 Å². The lowest BCUT2D eigenvalue weighted by Gasteiger charge is -2.14. The normalized spacial score (nSPS) is 25.6. The highest BCUT2D eigenvalue weighted by Gasteiger charge is 2.23. The van der Waals surface area contributed by atoms with Gasteiger partial charge in [0.05, 0.1) is 12.8 Å². The van der Waals surface area contributed by atoms with Gasteiger partial charge in [-0.2, -0.15) is 0 Å². The number of furan rings is 1. The van der Waals surface area contributed by atoms with Crippen LogP contribution in [0.15, 0.2) is 16.7 Å². The molecule has 17 heavy (non-hydrogen) atoms. The Kier molecular flexibility index (Phi) is 3.21. The Balaban J connectivity index is 1.56. The lowest BCUT2D eigenvalue weighted by Crippen LogP contribution is -2.21. The van der Waals surface area contributed by atoms with Crippen molar-refractivity contribution in [3.05, 3.63) is 23.7 Å². The summed E-state index contributed by atoms with van der Waals surface area (Å²) in [6.07, 6.45) is 5.85. The number of nitrogens with one attached hydrogen (secondary N) is 1. The molecule has 2 fully saturated rings. The minimum absolute atomic E-state index is 0.768. The SMILES string of the molecule is CC1CCN(Cc2occc2CNC2CC2)C1. The van der Waals surface area contributed by atoms with Gasteiger partial charge in [-0.1, -0.05) is 6.92 Å². The summed E-state index contributed by atoms with van der Waals surface area (Å²) in [6.45, 7) is 6.73. The third-order valence-electron chi connectivity index (χ3n) is 3.87. The van der Waals surface area contributed by atoms with Gasteiger partial charge >= 0.3 is 0 Å². The third-order valence-corrected chi connectivity index (χ3v) is 3.87. The molecule has 0 spiro atoms. The minimum Gasteiger partial charge on any atom is -0.468 e. The first-order chi connectivity index (χ1) is 8.31. The number of hydrogen-bond acceptors (Lipinski definition) is 3. The number of hydrogen-bond donors (Lipinski definition) is 1. The largest absolute Gasteiger partial charge is 0.468 e. The molecule has 1 saturated carbocycles. The zero-order valence-electron chi connectivity index (χ0n) is 10.6. The number of rotatable bonds is 5. The van der Waals surface area contributed by atoms with Gasteiger partial charge in [-0.05, 0) is 37.8 Å². The predicted molar refractivity (Wildman–Crippen MR) is 67.6 cm³/mol. The van der Waals surface area contributed by atoms with Crippen LogP contribution < -0.4 is 5.32 Å². The molecule has 0 bridgehead atoms. The molecule has 3 nitrogen and oxygen atoms in total. The standard InChI is InChI=1S/C14H22N2O/c1-11-4-6-16(9-11)10-14-12(5-7-17-14)8-15-13-2-3-13/h5,7,11,13,15H,2-4,6,8-10H2,1H3. The molecular weight excluding hydrogens is 212 g/mol. The van der Waals surface area contributed by atoms with Gasteiger partial charge in [-0.15, -0.1) is 0 Å². The topological polar surface area (TPSA) is 28.4 Å². The smallest absolute Gasteiger partial charge is 0.122 e. The van der Waals surface area contributed by atoms with Crippen LogP contribution in [-0.4, -0.2) is 24.0 Å². The fraction of sp³-hybridized carbons (Fsp3) is 0.714. The van der Waals surface area contributed by atoms with Gasteiger partial charge in [0.15, 0.2) is 0 Å². The molecule has 1 aliphatic heterocycles. The molecule has 1 aromatic rings. The summed E-state index contributed by atoms with van der Waals surface area (Å²) < 4.78 is 5.63. The van der Waals surface area contributed by atoms with Crippen molar-refractivity contribution >= 4 is 0 Å². The first-order valence-corrected chi connectivity index (χ1v) is 6.82. The Bertz CT molecular complexity index is 370. The Morgan fingerprint density at radius 3 is 3.00 bits per heavy atom. The van der Waals surface area contributed by atoms with Crippen molar-refractivity contribution in [1.29, 1.82) is 0 Å². The molecule has 0 aromatic carbocycles. The van der Waals surface area contributed by atoms with Crippen LogP contribution in [0.2, 0.25) is 0 Å². The number of likely N-dealkylation sites (tertiary alicyclic amines) is 1. The second-order valence-electron chi connectivity index (χ2n) is 5.65. The van der Waals surface area contributed by atoms with Gasteiger partial charge in [-0.3, -0.25) is 4.90 Å². The molecule has 1 atom stereocenters. The van der Waals surface area contributed by atoms with Crippen molar-refractivity contribution in [3.8, 4) is 0 Å². The van der Waals surface area contributed by atoms with Gasteiger partial charge in [0, 0.05) is 24.7 Å². The molecule has 1 N–H and O–H groups in total. The lowest BCUT2D eigenvalue weighted by molar-refractivity contribution is 0.287. The molecule has 1 saturated heterocycles. The Hall–Kier alpha value is -0.800. The average molecular weight is 234 g/mol. The molecule has 3 heteroatoms. The molecule has 1 unspecified atom stereocenters. The first-order valence-electron chi connectivity index (χ1n) is 6.82. The van der Waals surface area contributed by atoms with E-state index in [0.29, 0.717) is 0 Å². The predicted octanol–water partition coefficient (Wildman–Crippen LogP) is 2.37. The second kappa shape index (κ2) is 4.83. The summed E-state index contributed by atoms with van der Waals surface area (Å²) >= 11 is 0. The molecule has 2 aliphatic rings. The van der Waals surface area contributed by atoms with Crippen molar-refractivity contribution in [2.24, 2.45) is 5.92 Å². The van der Waals surface area contributed by atoms with E-state index < -0.39 is 0 Å². The monoisotopic (exact) mass is 234 g/mol. The Morgan fingerprint density at radius 1 is 1.41 bits per heavy atom. The quantitative estimate of drug-likeness (QED) is 0.848. The third kappa shape index (κ3) is 2.90. The highest BCUT2D eigenvalue weighted by molar-refractivity contribution is 5.17. The average Bonchev–Trinajstić information content (AvgIpc) is 2.90. The first kappa shape index (κ1) is 11.3. The summed E-state index contributed by atoms with van der Waals surface area (Å²) in [5.41, 5.74) is 1.34. The maximum atomic E-state index is 5.63. The van der Waals surface area contributed by atoms with Crippen LogP contribution in [-0.2, 0) is 13.1 Å². The Labute approximate surface area is 103 Å². The second-order valence-corrected chi connectivity index (χ2v) is 5.65. The van der Waals surface area contributed by atoms with Crippen molar-refractivity contribution in [2.75, 3.05) is 13.1 Å². The minimum atomic E-state index is 0.768. The molecule has 0 amide bonds. The molecule has 1 aliphatic carbocycles. The molecule has 0 radical (unpaired) electrons. The van der Waals surface area contributed by atoms with E-state index in [2.05, 4.69) is 23.2 Å². The molecule has 3 rings (SSSR count). The van der Waals surface area contributed by atoms with E-state index in [1.165, 1.54) is 37.9 Å². The zero-order chi connectivity index (χ0) is 11.7. The van der Waals surface area contributed by atoms with E-state index in [1.54, 1.807) is 0 Å². The number of nitrogens with zero attached hydrogens (tertiary/aromatic N) is 1. The Morgan fingerprint density at radius 2 is 2.29 bits per heavy atom. The summed E-state index contributed by atoms with van der Waals surface area (Å²) in [7, 11) is 0. The van der Waals surface area contributed by atoms with Crippen LogP contribution in [0.25, 0.3) is 0 Å². The molecule has 1 aromatic heterocycles. The highest BCUT2D eigenvalue weighted by Crippen LogP contribution is 2.22. The maximum absolute atomic E-state index is 5.63. The van der Waals surface area contributed by atoms with Gasteiger partial charge in [0.2, 0.25) is 0 Å². The molecule has 2 heterocycles. The zero-order valence-corrected chi connectivity index (χ0v) is 10.6. The fourth-order valence-electron chi connectivity index (χ4n) is 2.58. The maximum Gasteiger partial charge on any atom is 0.122 e. The summed E-state index contributed by atoms with van der Waals surface area (Å²) in [5.74, 6) is 2.00. The van der Waals surface area contributed by atoms with E-state index in [-0.39, 0.29) is 0 Å². The van der Waals surface area contributed by atoms with Crippen LogP contribution in [0, 0.1) is 5.92 Å². The van der Waals surface area contributed by atoms with Crippen LogP contribution in [0.3, 0.4) is 0 Å². The van der Waals surface area contributed by atoms with E-state index in [0.717, 1.165) is 30.8 Å². The van der Waals surface area contributed by atoms with Gasteiger partial charge in [-0.25, -0.2) is 0 Å². The van der Waals surface area contributed by atoms with Crippen molar-refractivity contribution in [2.45, 2.75) is 45.3 Å². The summed E-state index contributed by atoms with van der Waals surface area (Å²) in [5, 5.41) is 3.55. The summed E-state index contributed by atoms with van der Waals surface area (Å²) in [4.78, 5) is 2.50. The van der Waals surface area contributed by atoms with Gasteiger partial charge in [0.1, 0.15) is 5.76 Å².